The number of halogens is 1. The molecule has 1 aromatic carbocycles. The van der Waals surface area contributed by atoms with E-state index in [9.17, 15) is 8.42 Å². The Morgan fingerprint density at radius 3 is 2.40 bits per heavy atom. The maximum absolute atomic E-state index is 11.6. The van der Waals surface area contributed by atoms with Gasteiger partial charge < -0.3 is 0 Å². The Morgan fingerprint density at radius 2 is 1.93 bits per heavy atom. The van der Waals surface area contributed by atoms with Gasteiger partial charge in [0.2, 0.25) is 10.0 Å². The quantitative estimate of drug-likeness (QED) is 0.877. The van der Waals surface area contributed by atoms with Crippen molar-refractivity contribution in [2.75, 3.05) is 0 Å². The molecule has 0 aliphatic carbocycles. The standard InChI is InChI=1S/C9H9ClN2O2S/c1-7(6-11)12-15(13,14)9-4-2-8(10)3-5-9/h2-5,7,12H,1H3. The summed E-state index contributed by atoms with van der Waals surface area (Å²) in [6.07, 6.45) is 0. The summed E-state index contributed by atoms with van der Waals surface area (Å²) in [7, 11) is -3.62. The third kappa shape index (κ3) is 3.20. The molecule has 0 radical (unpaired) electrons. The topological polar surface area (TPSA) is 70.0 Å². The van der Waals surface area contributed by atoms with Crippen LogP contribution in [0, 0.1) is 11.3 Å². The van der Waals surface area contributed by atoms with Crippen molar-refractivity contribution in [2.24, 2.45) is 0 Å². The first-order valence-corrected chi connectivity index (χ1v) is 5.99. The van der Waals surface area contributed by atoms with Crippen molar-refractivity contribution < 1.29 is 8.42 Å². The normalized spacial score (nSPS) is 13.1. The second kappa shape index (κ2) is 4.62. The van der Waals surface area contributed by atoms with Gasteiger partial charge in [-0.2, -0.15) is 9.98 Å². The van der Waals surface area contributed by atoms with Crippen molar-refractivity contribution in [1.29, 1.82) is 5.26 Å². The molecule has 1 N–H and O–H groups in total. The summed E-state index contributed by atoms with van der Waals surface area (Å²) in [6.45, 7) is 1.47. The number of nitriles is 1. The molecule has 0 bridgehead atoms. The second-order valence-electron chi connectivity index (χ2n) is 2.93. The van der Waals surface area contributed by atoms with E-state index < -0.39 is 16.1 Å². The first-order valence-electron chi connectivity index (χ1n) is 4.13. The number of sulfonamides is 1. The molecule has 1 rings (SSSR count). The van der Waals surface area contributed by atoms with Gasteiger partial charge in [0.15, 0.2) is 0 Å². The molecule has 0 fully saturated rings. The zero-order valence-corrected chi connectivity index (χ0v) is 9.51. The zero-order chi connectivity index (χ0) is 11.5. The van der Waals surface area contributed by atoms with E-state index in [0.29, 0.717) is 5.02 Å². The Hall–Kier alpha value is -1.09. The summed E-state index contributed by atoms with van der Waals surface area (Å²) < 4.78 is 25.4. The highest BCUT2D eigenvalue weighted by molar-refractivity contribution is 7.89. The number of hydrogen-bond acceptors (Lipinski definition) is 3. The molecule has 1 aromatic rings. The summed E-state index contributed by atoms with van der Waals surface area (Å²) in [6, 6.07) is 6.75. The molecule has 15 heavy (non-hydrogen) atoms. The lowest BCUT2D eigenvalue weighted by Gasteiger charge is -2.07. The fourth-order valence-electron chi connectivity index (χ4n) is 0.941. The minimum absolute atomic E-state index is 0.0917. The van der Waals surface area contributed by atoms with Crippen LogP contribution in [-0.2, 0) is 10.0 Å². The average molecular weight is 245 g/mol. The number of nitrogens with zero attached hydrogens (tertiary/aromatic N) is 1. The van der Waals surface area contributed by atoms with Crippen molar-refractivity contribution in [3.63, 3.8) is 0 Å². The smallest absolute Gasteiger partial charge is 0.207 e. The van der Waals surface area contributed by atoms with Crippen LogP contribution in [0.4, 0.5) is 0 Å². The summed E-state index contributed by atoms with van der Waals surface area (Å²) in [4.78, 5) is 0.0917. The van der Waals surface area contributed by atoms with Crippen LogP contribution in [0.5, 0.6) is 0 Å². The number of benzene rings is 1. The van der Waals surface area contributed by atoms with Gasteiger partial charge in [0.25, 0.3) is 0 Å². The van der Waals surface area contributed by atoms with Gasteiger partial charge in [-0.15, -0.1) is 0 Å². The van der Waals surface area contributed by atoms with Crippen molar-refractivity contribution in [3.05, 3.63) is 29.3 Å². The van der Waals surface area contributed by atoms with E-state index in [1.807, 2.05) is 0 Å². The molecule has 1 atom stereocenters. The predicted octanol–water partition coefficient (Wildman–Crippen LogP) is 1.53. The monoisotopic (exact) mass is 244 g/mol. The predicted molar refractivity (Wildman–Crippen MR) is 56.8 cm³/mol. The highest BCUT2D eigenvalue weighted by atomic mass is 35.5. The zero-order valence-electron chi connectivity index (χ0n) is 7.94. The van der Waals surface area contributed by atoms with E-state index in [1.165, 1.54) is 31.2 Å². The van der Waals surface area contributed by atoms with E-state index in [0.717, 1.165) is 0 Å². The second-order valence-corrected chi connectivity index (χ2v) is 5.08. The maximum Gasteiger partial charge on any atom is 0.241 e. The van der Waals surface area contributed by atoms with Gasteiger partial charge in [0.05, 0.1) is 11.0 Å². The molecule has 0 aliphatic heterocycles. The number of nitrogens with one attached hydrogen (secondary N) is 1. The number of hydrogen-bond donors (Lipinski definition) is 1. The fraction of sp³-hybridized carbons (Fsp3) is 0.222. The van der Waals surface area contributed by atoms with E-state index >= 15 is 0 Å². The molecule has 4 nitrogen and oxygen atoms in total. The van der Waals surface area contributed by atoms with Gasteiger partial charge >= 0.3 is 0 Å². The maximum atomic E-state index is 11.6. The molecule has 0 saturated carbocycles. The van der Waals surface area contributed by atoms with E-state index in [4.69, 9.17) is 16.9 Å². The molecule has 0 amide bonds. The molecule has 0 heterocycles. The summed E-state index contributed by atoms with van der Waals surface area (Å²) >= 11 is 5.63. The van der Waals surface area contributed by atoms with Crippen LogP contribution in [0.15, 0.2) is 29.2 Å². The van der Waals surface area contributed by atoms with E-state index in [-0.39, 0.29) is 4.90 Å². The number of rotatable bonds is 3. The van der Waals surface area contributed by atoms with E-state index in [2.05, 4.69) is 4.72 Å². The summed E-state index contributed by atoms with van der Waals surface area (Å²) in [5, 5.41) is 8.95. The minimum atomic E-state index is -3.62. The highest BCUT2D eigenvalue weighted by Crippen LogP contribution is 2.13. The Bertz CT molecular complexity index is 476. The van der Waals surface area contributed by atoms with Crippen LogP contribution < -0.4 is 4.72 Å². The molecule has 80 valence electrons. The van der Waals surface area contributed by atoms with Crippen molar-refractivity contribution >= 4 is 21.6 Å². The molecule has 0 aromatic heterocycles. The van der Waals surface area contributed by atoms with Gasteiger partial charge in [-0.25, -0.2) is 8.42 Å². The molecular formula is C9H9ClN2O2S. The molecule has 0 spiro atoms. The van der Waals surface area contributed by atoms with Gasteiger partial charge in [0, 0.05) is 5.02 Å². The van der Waals surface area contributed by atoms with Crippen LogP contribution >= 0.6 is 11.6 Å². The third-order valence-corrected chi connectivity index (χ3v) is 3.46. The van der Waals surface area contributed by atoms with Crippen LogP contribution in [0.3, 0.4) is 0 Å². The summed E-state index contributed by atoms with van der Waals surface area (Å²) in [5.41, 5.74) is 0. The highest BCUT2D eigenvalue weighted by Gasteiger charge is 2.16. The molecular weight excluding hydrogens is 236 g/mol. The van der Waals surface area contributed by atoms with E-state index in [1.54, 1.807) is 6.07 Å². The molecule has 0 aliphatic rings. The van der Waals surface area contributed by atoms with Crippen molar-refractivity contribution in [1.82, 2.24) is 4.72 Å². The lowest BCUT2D eigenvalue weighted by Crippen LogP contribution is -2.31. The molecule has 1 unspecified atom stereocenters. The Morgan fingerprint density at radius 1 is 1.40 bits per heavy atom. The van der Waals surface area contributed by atoms with Gasteiger partial charge in [-0.3, -0.25) is 0 Å². The molecule has 0 saturated heterocycles. The SMILES string of the molecule is CC(C#N)NS(=O)(=O)c1ccc(Cl)cc1. The van der Waals surface area contributed by atoms with Crippen LogP contribution in [0.2, 0.25) is 5.02 Å². The first kappa shape index (κ1) is 12.0. The van der Waals surface area contributed by atoms with Crippen molar-refractivity contribution in [3.8, 4) is 6.07 Å². The Kier molecular flexibility index (Phi) is 3.69. The first-order chi connectivity index (χ1) is 6.95. The Labute approximate surface area is 93.5 Å². The largest absolute Gasteiger partial charge is 0.241 e. The van der Waals surface area contributed by atoms with Crippen molar-refractivity contribution in [2.45, 2.75) is 17.9 Å². The summed E-state index contributed by atoms with van der Waals surface area (Å²) in [5.74, 6) is 0. The van der Waals surface area contributed by atoms with Crippen LogP contribution in [-0.4, -0.2) is 14.5 Å². The minimum Gasteiger partial charge on any atom is -0.207 e. The Balaban J connectivity index is 2.98. The lowest BCUT2D eigenvalue weighted by atomic mass is 10.4. The molecule has 6 heteroatoms. The van der Waals surface area contributed by atoms with Gasteiger partial charge in [-0.05, 0) is 31.2 Å². The average Bonchev–Trinajstić information content (AvgIpc) is 2.17. The van der Waals surface area contributed by atoms with Gasteiger partial charge in [-0.1, -0.05) is 11.6 Å². The lowest BCUT2D eigenvalue weighted by molar-refractivity contribution is 0.577. The van der Waals surface area contributed by atoms with Gasteiger partial charge in [0.1, 0.15) is 6.04 Å². The fourth-order valence-corrected chi connectivity index (χ4v) is 2.22. The van der Waals surface area contributed by atoms with Crippen LogP contribution in [0.25, 0.3) is 0 Å². The third-order valence-electron chi connectivity index (χ3n) is 1.65. The van der Waals surface area contributed by atoms with Crippen LogP contribution in [0.1, 0.15) is 6.92 Å².